The van der Waals surface area contributed by atoms with Crippen LogP contribution >= 0.6 is 0 Å². The molecule has 4 aromatic carbocycles. The summed E-state index contributed by atoms with van der Waals surface area (Å²) in [4.78, 5) is 13.1. The number of benzene rings is 3. The lowest BCUT2D eigenvalue weighted by Crippen LogP contribution is -2.30. The van der Waals surface area contributed by atoms with Crippen molar-refractivity contribution in [2.75, 3.05) is 0 Å². The van der Waals surface area contributed by atoms with Crippen LogP contribution in [0.15, 0.2) is 47.3 Å². The van der Waals surface area contributed by atoms with E-state index in [1.165, 1.54) is 24.3 Å². The molecule has 0 bridgehead atoms. The van der Waals surface area contributed by atoms with Crippen molar-refractivity contribution in [2.45, 2.75) is 37.3 Å². The Balaban J connectivity index is 1.50. The molecule has 2 aliphatic heterocycles. The predicted molar refractivity (Wildman–Crippen MR) is 141 cm³/mol. The highest BCUT2D eigenvalue weighted by atomic mass is 16.5. The average molecular weight is 564 g/mol. The number of aromatic hydroxyl groups is 7. The molecule has 2 heterocycles. The molecule has 6 rings (SSSR count). The fourth-order valence-electron chi connectivity index (χ4n) is 5.48. The molecule has 0 aromatic heterocycles. The third-order valence-corrected chi connectivity index (χ3v) is 7.43. The standard InChI is InChI=1S/C29H24O12/c30-12-4-17(32)14-8-20(35)28(40-22(14)6-12)11-1-10-2-16(25(37)27(39)24(10)26(38)19(34)3-11)29-21(36)9-15-18(33)5-13(31)7-23(15)41-29/h1-7,20-21,28-33,35-37,39H,8-9H2,(H,34,38). The molecule has 0 radical (unpaired) electrons. The number of fused-ring (bicyclic) bond motifs is 3. The number of ether oxygens (including phenoxy) is 2. The van der Waals surface area contributed by atoms with Gasteiger partial charge in [-0.05, 0) is 29.1 Å². The minimum atomic E-state index is -1.34. The molecule has 0 saturated carbocycles. The van der Waals surface area contributed by atoms with Crippen molar-refractivity contribution in [1.29, 1.82) is 0 Å². The van der Waals surface area contributed by atoms with Crippen LogP contribution in [0.2, 0.25) is 0 Å². The minimum Gasteiger partial charge on any atom is -0.508 e. The molecule has 12 nitrogen and oxygen atoms in total. The van der Waals surface area contributed by atoms with Gasteiger partial charge in [-0.2, -0.15) is 0 Å². The summed E-state index contributed by atoms with van der Waals surface area (Å²) in [5.74, 6) is -3.61. The van der Waals surface area contributed by atoms with Crippen LogP contribution in [-0.2, 0) is 12.8 Å². The lowest BCUT2D eigenvalue weighted by molar-refractivity contribution is 0.0184. The Bertz CT molecular complexity index is 1800. The van der Waals surface area contributed by atoms with E-state index >= 15 is 0 Å². The fraction of sp³-hybridized carbons (Fsp3) is 0.207. The lowest BCUT2D eigenvalue weighted by atomic mass is 9.91. The van der Waals surface area contributed by atoms with Gasteiger partial charge >= 0.3 is 0 Å². The normalized spacial score (nSPS) is 21.4. The van der Waals surface area contributed by atoms with Crippen molar-refractivity contribution in [3.05, 3.63) is 74.9 Å². The molecular formula is C29H24O12. The van der Waals surface area contributed by atoms with Crippen molar-refractivity contribution in [3.63, 3.8) is 0 Å². The predicted octanol–water partition coefficient (Wildman–Crippen LogP) is 2.21. The number of hydrogen-bond acceptors (Lipinski definition) is 12. The van der Waals surface area contributed by atoms with Crippen LogP contribution in [0.4, 0.5) is 0 Å². The van der Waals surface area contributed by atoms with Gasteiger partial charge in [-0.25, -0.2) is 0 Å². The first kappa shape index (κ1) is 26.2. The van der Waals surface area contributed by atoms with E-state index in [1.807, 2.05) is 0 Å². The Morgan fingerprint density at radius 1 is 0.610 bits per heavy atom. The largest absolute Gasteiger partial charge is 0.508 e. The number of phenols is 6. The third-order valence-electron chi connectivity index (χ3n) is 7.43. The van der Waals surface area contributed by atoms with E-state index in [-0.39, 0.29) is 75.0 Å². The molecule has 9 N–H and O–H groups in total. The topological polar surface area (TPSA) is 218 Å². The van der Waals surface area contributed by atoms with Crippen LogP contribution in [0, 0.1) is 0 Å². The van der Waals surface area contributed by atoms with Gasteiger partial charge in [-0.3, -0.25) is 4.79 Å². The van der Waals surface area contributed by atoms with Gasteiger partial charge in [0.2, 0.25) is 5.43 Å². The summed E-state index contributed by atoms with van der Waals surface area (Å²) in [6.07, 6.45) is -5.34. The average Bonchev–Trinajstić information content (AvgIpc) is 3.02. The monoisotopic (exact) mass is 564 g/mol. The fourth-order valence-corrected chi connectivity index (χ4v) is 5.48. The van der Waals surface area contributed by atoms with E-state index in [2.05, 4.69) is 0 Å². The summed E-state index contributed by atoms with van der Waals surface area (Å²) in [5, 5.41) is 93.6. The van der Waals surface area contributed by atoms with Gasteiger partial charge in [0.05, 0.1) is 17.6 Å². The second kappa shape index (κ2) is 9.25. The Morgan fingerprint density at radius 2 is 1.15 bits per heavy atom. The molecule has 0 fully saturated rings. The highest BCUT2D eigenvalue weighted by Crippen LogP contribution is 2.47. The first-order chi connectivity index (χ1) is 19.4. The van der Waals surface area contributed by atoms with Gasteiger partial charge in [-0.1, -0.05) is 0 Å². The smallest absolute Gasteiger partial charge is 0.231 e. The second-order valence-corrected chi connectivity index (χ2v) is 10.1. The summed E-state index contributed by atoms with van der Waals surface area (Å²) < 4.78 is 11.6. The molecule has 4 unspecified atom stereocenters. The van der Waals surface area contributed by atoms with Crippen LogP contribution in [-0.4, -0.2) is 58.2 Å². The van der Waals surface area contributed by atoms with Crippen molar-refractivity contribution < 1.29 is 55.4 Å². The van der Waals surface area contributed by atoms with Gasteiger partial charge in [0.1, 0.15) is 40.6 Å². The van der Waals surface area contributed by atoms with Crippen molar-refractivity contribution >= 4 is 10.8 Å². The maximum absolute atomic E-state index is 13.1. The highest BCUT2D eigenvalue weighted by molar-refractivity contribution is 5.92. The van der Waals surface area contributed by atoms with Crippen LogP contribution in [0.25, 0.3) is 10.8 Å². The number of aliphatic hydroxyl groups excluding tert-OH is 2. The van der Waals surface area contributed by atoms with E-state index in [4.69, 9.17) is 9.47 Å². The summed E-state index contributed by atoms with van der Waals surface area (Å²) in [5.41, 5.74) is -0.639. The molecule has 0 amide bonds. The van der Waals surface area contributed by atoms with Gasteiger partial charge < -0.3 is 55.4 Å². The van der Waals surface area contributed by atoms with Crippen LogP contribution in [0.1, 0.15) is 34.5 Å². The molecule has 12 heteroatoms. The SMILES string of the molecule is O=c1c(O)cc(C2Oc3cc(O)cc(O)c3CC2O)cc2cc(C3Oc4cc(O)cc(O)c4CC3O)c(O)c(O)c12. The van der Waals surface area contributed by atoms with Crippen LogP contribution in [0.5, 0.6) is 51.7 Å². The number of rotatable bonds is 2. The Morgan fingerprint density at radius 3 is 1.73 bits per heavy atom. The van der Waals surface area contributed by atoms with E-state index in [9.17, 15) is 50.8 Å². The first-order valence-electron chi connectivity index (χ1n) is 12.5. The Hall–Kier alpha value is -5.07. The molecular weight excluding hydrogens is 540 g/mol. The Kier molecular flexibility index (Phi) is 5.90. The first-order valence-corrected chi connectivity index (χ1v) is 12.5. The second-order valence-electron chi connectivity index (χ2n) is 10.1. The van der Waals surface area contributed by atoms with Crippen molar-refractivity contribution in [3.8, 4) is 51.7 Å². The third kappa shape index (κ3) is 4.20. The van der Waals surface area contributed by atoms with Crippen molar-refractivity contribution in [1.82, 2.24) is 0 Å². The molecule has 4 aromatic rings. The molecule has 4 atom stereocenters. The quantitative estimate of drug-likeness (QED) is 0.160. The van der Waals surface area contributed by atoms with E-state index in [0.717, 1.165) is 18.2 Å². The molecule has 2 aliphatic rings. The maximum atomic E-state index is 13.1. The zero-order valence-corrected chi connectivity index (χ0v) is 21.0. The summed E-state index contributed by atoms with van der Waals surface area (Å²) in [7, 11) is 0. The molecule has 0 aliphatic carbocycles. The summed E-state index contributed by atoms with van der Waals surface area (Å²) in [6.45, 7) is 0. The van der Waals surface area contributed by atoms with E-state index in [1.54, 1.807) is 0 Å². The summed E-state index contributed by atoms with van der Waals surface area (Å²) >= 11 is 0. The highest BCUT2D eigenvalue weighted by Gasteiger charge is 2.36. The van der Waals surface area contributed by atoms with E-state index in [0.29, 0.717) is 0 Å². The summed E-state index contributed by atoms with van der Waals surface area (Å²) in [6, 6.07) is 8.27. The minimum absolute atomic E-state index is 0.0173. The van der Waals surface area contributed by atoms with Gasteiger partial charge in [0, 0.05) is 53.8 Å². The number of aliphatic hydroxyl groups is 2. The maximum Gasteiger partial charge on any atom is 0.231 e. The van der Waals surface area contributed by atoms with Crippen LogP contribution < -0.4 is 14.9 Å². The molecule has 0 spiro atoms. The number of hydrogen-bond donors (Lipinski definition) is 9. The Labute approximate surface area is 230 Å². The van der Waals surface area contributed by atoms with Crippen molar-refractivity contribution in [2.24, 2.45) is 0 Å². The zero-order valence-electron chi connectivity index (χ0n) is 21.0. The zero-order chi connectivity index (χ0) is 29.3. The van der Waals surface area contributed by atoms with E-state index < -0.39 is 52.5 Å². The lowest BCUT2D eigenvalue weighted by Gasteiger charge is -2.32. The molecule has 0 saturated heterocycles. The van der Waals surface area contributed by atoms with Gasteiger partial charge in [0.25, 0.3) is 0 Å². The molecule has 212 valence electrons. The number of phenolic OH excluding ortho intramolecular Hbond substituents is 6. The van der Waals surface area contributed by atoms with Gasteiger partial charge in [-0.15, -0.1) is 0 Å². The van der Waals surface area contributed by atoms with Crippen LogP contribution in [0.3, 0.4) is 0 Å². The van der Waals surface area contributed by atoms with Gasteiger partial charge in [0.15, 0.2) is 23.4 Å². The molecule has 41 heavy (non-hydrogen) atoms.